The fraction of sp³-hybridized carbons (Fsp3) is 0.154. The van der Waals surface area contributed by atoms with E-state index >= 15 is 0 Å². The highest BCUT2D eigenvalue weighted by Gasteiger charge is 2.13. The topological polar surface area (TPSA) is 65.4 Å². The first-order valence-corrected chi connectivity index (χ1v) is 11.9. The molecule has 180 valence electrons. The molecule has 0 fully saturated rings. The van der Waals surface area contributed by atoms with Crippen LogP contribution in [0.15, 0.2) is 72.8 Å². The summed E-state index contributed by atoms with van der Waals surface area (Å²) in [6.07, 6.45) is -0.629. The second-order valence-electron chi connectivity index (χ2n) is 7.80. The van der Waals surface area contributed by atoms with Crippen molar-refractivity contribution in [3.05, 3.63) is 110 Å². The zero-order chi connectivity index (χ0) is 24.8. The molecule has 0 bridgehead atoms. The van der Waals surface area contributed by atoms with Crippen LogP contribution in [0.5, 0.6) is 11.6 Å². The van der Waals surface area contributed by atoms with Gasteiger partial charge in [-0.25, -0.2) is 4.79 Å². The van der Waals surface area contributed by atoms with E-state index in [0.29, 0.717) is 34.0 Å². The molecular weight excluding hydrogens is 509 g/mol. The van der Waals surface area contributed by atoms with Crippen molar-refractivity contribution in [2.75, 3.05) is 0 Å². The van der Waals surface area contributed by atoms with Crippen LogP contribution in [-0.2, 0) is 19.7 Å². The van der Waals surface area contributed by atoms with E-state index in [1.165, 1.54) is 0 Å². The molecule has 3 aromatic carbocycles. The lowest BCUT2D eigenvalue weighted by Gasteiger charge is -2.13. The zero-order valence-electron chi connectivity index (χ0n) is 18.8. The van der Waals surface area contributed by atoms with Gasteiger partial charge in [0.2, 0.25) is 5.88 Å². The van der Waals surface area contributed by atoms with Crippen LogP contribution in [0.3, 0.4) is 0 Å². The molecule has 1 aromatic heterocycles. The van der Waals surface area contributed by atoms with Gasteiger partial charge in [-0.05, 0) is 48.4 Å². The maximum absolute atomic E-state index is 12.3. The number of benzene rings is 3. The quantitative estimate of drug-likeness (QED) is 0.265. The Hall–Kier alpha value is -3.19. The van der Waals surface area contributed by atoms with E-state index in [1.54, 1.807) is 35.0 Å². The van der Waals surface area contributed by atoms with Crippen molar-refractivity contribution in [3.8, 4) is 11.6 Å². The van der Waals surface area contributed by atoms with Gasteiger partial charge in [0.05, 0.1) is 16.6 Å². The first kappa shape index (κ1) is 24.9. The number of carbonyl (C=O) groups is 1. The minimum absolute atomic E-state index is 0.183. The van der Waals surface area contributed by atoms with Gasteiger partial charge in [0.15, 0.2) is 0 Å². The molecule has 4 aromatic rings. The number of nitrogens with zero attached hydrogens (tertiary/aromatic N) is 2. The summed E-state index contributed by atoms with van der Waals surface area (Å²) in [5.41, 5.74) is 3.52. The SMILES string of the molecule is Cc1cc(OC(=O)NCc2ccc(Cl)c(Cl)c2)nn1Cc1cc(Cl)ccc1OCc1ccccc1. The van der Waals surface area contributed by atoms with Gasteiger partial charge in [0.1, 0.15) is 12.4 Å². The van der Waals surface area contributed by atoms with Gasteiger partial charge in [0, 0.05) is 28.9 Å². The van der Waals surface area contributed by atoms with Gasteiger partial charge < -0.3 is 14.8 Å². The number of hydrogen-bond acceptors (Lipinski definition) is 4. The summed E-state index contributed by atoms with van der Waals surface area (Å²) < 4.78 is 13.1. The van der Waals surface area contributed by atoms with E-state index < -0.39 is 6.09 Å². The molecule has 0 aliphatic heterocycles. The molecule has 0 saturated heterocycles. The number of aryl methyl sites for hydroxylation is 1. The van der Waals surface area contributed by atoms with Crippen molar-refractivity contribution in [1.82, 2.24) is 15.1 Å². The maximum atomic E-state index is 12.3. The molecule has 0 unspecified atom stereocenters. The van der Waals surface area contributed by atoms with Crippen LogP contribution in [0.2, 0.25) is 15.1 Å². The van der Waals surface area contributed by atoms with E-state index in [0.717, 1.165) is 22.4 Å². The Morgan fingerprint density at radius 1 is 0.943 bits per heavy atom. The van der Waals surface area contributed by atoms with Crippen LogP contribution in [0, 0.1) is 6.92 Å². The molecule has 0 spiro atoms. The Bertz CT molecular complexity index is 1330. The smallest absolute Gasteiger partial charge is 0.414 e. The largest absolute Gasteiger partial charge is 0.489 e. The molecule has 9 heteroatoms. The Labute approximate surface area is 218 Å². The molecule has 35 heavy (non-hydrogen) atoms. The molecule has 0 aliphatic carbocycles. The Morgan fingerprint density at radius 2 is 1.74 bits per heavy atom. The lowest BCUT2D eigenvalue weighted by molar-refractivity contribution is 0.197. The fourth-order valence-electron chi connectivity index (χ4n) is 3.35. The van der Waals surface area contributed by atoms with Crippen LogP contribution >= 0.6 is 34.8 Å². The van der Waals surface area contributed by atoms with Gasteiger partial charge in [0.25, 0.3) is 0 Å². The Kier molecular flexibility index (Phi) is 8.18. The summed E-state index contributed by atoms with van der Waals surface area (Å²) in [5.74, 6) is 0.887. The van der Waals surface area contributed by atoms with Gasteiger partial charge in [-0.15, -0.1) is 5.10 Å². The number of rotatable bonds is 8. The monoisotopic (exact) mass is 529 g/mol. The lowest BCUT2D eigenvalue weighted by atomic mass is 10.2. The van der Waals surface area contributed by atoms with Crippen molar-refractivity contribution in [2.45, 2.75) is 26.6 Å². The maximum Gasteiger partial charge on any atom is 0.414 e. The fourth-order valence-corrected chi connectivity index (χ4v) is 3.87. The standard InChI is InChI=1S/C26H22Cl3N3O3/c1-17-11-25(35-26(33)30-14-19-7-9-22(28)23(29)12-19)31-32(17)15-20-13-21(27)8-10-24(20)34-16-18-5-3-2-4-6-18/h2-13H,14-16H2,1H3,(H,30,33). The number of hydrogen-bond donors (Lipinski definition) is 1. The van der Waals surface area contributed by atoms with Crippen LogP contribution in [-0.4, -0.2) is 15.9 Å². The molecule has 4 rings (SSSR count). The summed E-state index contributed by atoms with van der Waals surface area (Å²) in [4.78, 5) is 12.3. The van der Waals surface area contributed by atoms with E-state index in [4.69, 9.17) is 44.3 Å². The predicted molar refractivity (Wildman–Crippen MR) is 138 cm³/mol. The summed E-state index contributed by atoms with van der Waals surface area (Å²) in [5, 5.41) is 8.55. The van der Waals surface area contributed by atoms with Crippen molar-refractivity contribution < 1.29 is 14.3 Å². The van der Waals surface area contributed by atoms with Crippen LogP contribution in [0.4, 0.5) is 4.79 Å². The normalized spacial score (nSPS) is 10.7. The number of halogens is 3. The minimum Gasteiger partial charge on any atom is -0.489 e. The second-order valence-corrected chi connectivity index (χ2v) is 9.05. The number of ether oxygens (including phenoxy) is 2. The first-order valence-electron chi connectivity index (χ1n) is 10.8. The molecule has 0 saturated carbocycles. The van der Waals surface area contributed by atoms with Crippen LogP contribution < -0.4 is 14.8 Å². The molecule has 0 radical (unpaired) electrons. The van der Waals surface area contributed by atoms with Gasteiger partial charge in [-0.3, -0.25) is 4.68 Å². The van der Waals surface area contributed by atoms with E-state index in [9.17, 15) is 4.79 Å². The highest BCUT2D eigenvalue weighted by Crippen LogP contribution is 2.26. The summed E-state index contributed by atoms with van der Waals surface area (Å²) in [6, 6.07) is 22.2. The minimum atomic E-state index is -0.629. The number of carbonyl (C=O) groups excluding carboxylic acids is 1. The molecule has 1 heterocycles. The summed E-state index contributed by atoms with van der Waals surface area (Å²) in [7, 11) is 0. The van der Waals surface area contributed by atoms with Crippen LogP contribution in [0.1, 0.15) is 22.4 Å². The number of amides is 1. The average molecular weight is 531 g/mol. The highest BCUT2D eigenvalue weighted by molar-refractivity contribution is 6.42. The van der Waals surface area contributed by atoms with Gasteiger partial charge in [-0.1, -0.05) is 71.2 Å². The van der Waals surface area contributed by atoms with E-state index in [-0.39, 0.29) is 12.4 Å². The molecular formula is C26H22Cl3N3O3. The van der Waals surface area contributed by atoms with Crippen molar-refractivity contribution in [1.29, 1.82) is 0 Å². The average Bonchev–Trinajstić information content (AvgIpc) is 3.18. The zero-order valence-corrected chi connectivity index (χ0v) is 21.1. The van der Waals surface area contributed by atoms with Crippen molar-refractivity contribution in [3.63, 3.8) is 0 Å². The van der Waals surface area contributed by atoms with E-state index in [2.05, 4.69) is 10.4 Å². The number of aromatic nitrogens is 2. The lowest BCUT2D eigenvalue weighted by Crippen LogP contribution is -2.26. The highest BCUT2D eigenvalue weighted by atomic mass is 35.5. The third kappa shape index (κ3) is 6.92. The third-order valence-electron chi connectivity index (χ3n) is 5.16. The van der Waals surface area contributed by atoms with Gasteiger partial charge in [-0.2, -0.15) is 0 Å². The summed E-state index contributed by atoms with van der Waals surface area (Å²) >= 11 is 18.2. The van der Waals surface area contributed by atoms with Crippen molar-refractivity contribution >= 4 is 40.9 Å². The molecule has 0 atom stereocenters. The third-order valence-corrected chi connectivity index (χ3v) is 6.13. The first-order chi connectivity index (χ1) is 16.9. The number of nitrogens with one attached hydrogen (secondary N) is 1. The molecule has 0 aliphatic rings. The predicted octanol–water partition coefficient (Wildman–Crippen LogP) is 7.07. The summed E-state index contributed by atoms with van der Waals surface area (Å²) in [6.45, 7) is 2.94. The molecule has 1 amide bonds. The van der Waals surface area contributed by atoms with Gasteiger partial charge >= 0.3 is 6.09 Å². The van der Waals surface area contributed by atoms with Crippen LogP contribution in [0.25, 0.3) is 0 Å². The Balaban J connectivity index is 1.39. The van der Waals surface area contributed by atoms with Crippen molar-refractivity contribution in [2.24, 2.45) is 0 Å². The molecule has 1 N–H and O–H groups in total. The molecule has 6 nitrogen and oxygen atoms in total. The second kappa shape index (κ2) is 11.5. The Morgan fingerprint density at radius 3 is 2.51 bits per heavy atom. The van der Waals surface area contributed by atoms with E-state index in [1.807, 2.05) is 49.4 Å².